The predicted molar refractivity (Wildman–Crippen MR) is 141 cm³/mol. The van der Waals surface area contributed by atoms with Gasteiger partial charge in [0, 0.05) is 17.7 Å². The maximum atomic E-state index is 13.6. The van der Waals surface area contributed by atoms with E-state index in [1.54, 1.807) is 24.3 Å². The fraction of sp³-hybridized carbons (Fsp3) is 0.214. The number of thioether (sulfide) groups is 1. The van der Waals surface area contributed by atoms with Crippen molar-refractivity contribution in [2.75, 3.05) is 12.3 Å². The monoisotopic (exact) mass is 503 g/mol. The molecule has 1 heterocycles. The minimum Gasteiger partial charge on any atom is -0.352 e. The van der Waals surface area contributed by atoms with Gasteiger partial charge in [-0.3, -0.25) is 19.0 Å². The van der Waals surface area contributed by atoms with Gasteiger partial charge in [0.05, 0.1) is 22.3 Å². The summed E-state index contributed by atoms with van der Waals surface area (Å²) in [6.45, 7) is 6.35. The highest BCUT2D eigenvalue weighted by atomic mass is 32.2. The molecule has 0 unspecified atom stereocenters. The second-order valence-electron chi connectivity index (χ2n) is 8.53. The number of carbonyl (C=O) groups is 2. The SMILES string of the molecule is CCCNC(=O)c1ccc2c(=O)n(-c3ccc(F)cc3)c(SCC(=O)c3ccc(C)cc3C)nc2c1. The maximum Gasteiger partial charge on any atom is 0.266 e. The Bertz CT molecular complexity index is 1510. The molecule has 0 aliphatic carbocycles. The third-order valence-electron chi connectivity index (χ3n) is 5.74. The normalized spacial score (nSPS) is 11.0. The van der Waals surface area contributed by atoms with Crippen molar-refractivity contribution in [3.8, 4) is 5.69 Å². The molecule has 0 radical (unpaired) electrons. The molecule has 0 aliphatic rings. The number of benzene rings is 3. The van der Waals surface area contributed by atoms with E-state index >= 15 is 0 Å². The second-order valence-corrected chi connectivity index (χ2v) is 9.47. The fourth-order valence-corrected chi connectivity index (χ4v) is 4.79. The van der Waals surface area contributed by atoms with Crippen molar-refractivity contribution in [2.24, 2.45) is 0 Å². The average Bonchev–Trinajstić information content (AvgIpc) is 2.86. The molecule has 184 valence electrons. The van der Waals surface area contributed by atoms with Gasteiger partial charge in [0.2, 0.25) is 0 Å². The number of carbonyl (C=O) groups excluding carboxylic acids is 2. The number of aryl methyl sites for hydroxylation is 2. The molecular weight excluding hydrogens is 477 g/mol. The topological polar surface area (TPSA) is 81.1 Å². The Labute approximate surface area is 212 Å². The van der Waals surface area contributed by atoms with E-state index in [1.165, 1.54) is 28.8 Å². The first-order valence-electron chi connectivity index (χ1n) is 11.6. The molecule has 0 aliphatic heterocycles. The van der Waals surface area contributed by atoms with Gasteiger partial charge in [0.15, 0.2) is 10.9 Å². The number of amides is 1. The molecule has 0 spiro atoms. The molecular formula is C28H26FN3O3S. The van der Waals surface area contributed by atoms with Crippen molar-refractivity contribution in [3.63, 3.8) is 0 Å². The first kappa shape index (κ1) is 25.3. The zero-order valence-electron chi connectivity index (χ0n) is 20.3. The number of hydrogen-bond acceptors (Lipinski definition) is 5. The summed E-state index contributed by atoms with van der Waals surface area (Å²) in [5, 5.41) is 3.41. The van der Waals surface area contributed by atoms with Crippen LogP contribution >= 0.6 is 11.8 Å². The molecule has 0 atom stereocenters. The summed E-state index contributed by atoms with van der Waals surface area (Å²) >= 11 is 1.13. The number of aromatic nitrogens is 2. The van der Waals surface area contributed by atoms with Gasteiger partial charge >= 0.3 is 0 Å². The molecule has 8 heteroatoms. The summed E-state index contributed by atoms with van der Waals surface area (Å²) < 4.78 is 15.0. The van der Waals surface area contributed by atoms with Crippen LogP contribution in [0.25, 0.3) is 16.6 Å². The lowest BCUT2D eigenvalue weighted by molar-refractivity contribution is 0.0952. The van der Waals surface area contributed by atoms with Crippen molar-refractivity contribution < 1.29 is 14.0 Å². The molecule has 1 amide bonds. The minimum absolute atomic E-state index is 0.0553. The summed E-state index contributed by atoms with van der Waals surface area (Å²) in [5.41, 5.74) is 3.37. The summed E-state index contributed by atoms with van der Waals surface area (Å²) in [5.74, 6) is -0.713. The molecule has 6 nitrogen and oxygen atoms in total. The number of fused-ring (bicyclic) bond motifs is 1. The fourth-order valence-electron chi connectivity index (χ4n) is 3.90. The Morgan fingerprint density at radius 2 is 1.78 bits per heavy atom. The lowest BCUT2D eigenvalue weighted by Gasteiger charge is -2.14. The number of halogens is 1. The van der Waals surface area contributed by atoms with Crippen molar-refractivity contribution in [3.05, 3.63) is 99.1 Å². The number of ketones is 1. The third-order valence-corrected chi connectivity index (χ3v) is 6.67. The highest BCUT2D eigenvalue weighted by Crippen LogP contribution is 2.24. The molecule has 36 heavy (non-hydrogen) atoms. The molecule has 1 N–H and O–H groups in total. The molecule has 4 aromatic rings. The van der Waals surface area contributed by atoms with Crippen LogP contribution in [-0.4, -0.2) is 33.5 Å². The number of nitrogens with one attached hydrogen (secondary N) is 1. The van der Waals surface area contributed by atoms with Crippen molar-refractivity contribution in [1.29, 1.82) is 0 Å². The van der Waals surface area contributed by atoms with E-state index in [0.717, 1.165) is 29.3 Å². The third kappa shape index (κ3) is 5.39. The molecule has 3 aromatic carbocycles. The van der Waals surface area contributed by atoms with E-state index in [2.05, 4.69) is 10.3 Å². The lowest BCUT2D eigenvalue weighted by Crippen LogP contribution is -2.25. The number of Topliss-reactive ketones (excluding diaryl/α,β-unsaturated/α-hetero) is 1. The van der Waals surface area contributed by atoms with Crippen LogP contribution < -0.4 is 10.9 Å². The quantitative estimate of drug-likeness (QED) is 0.202. The van der Waals surface area contributed by atoms with Gasteiger partial charge < -0.3 is 5.32 Å². The van der Waals surface area contributed by atoms with Gasteiger partial charge in [0.1, 0.15) is 5.82 Å². The van der Waals surface area contributed by atoms with Crippen molar-refractivity contribution in [2.45, 2.75) is 32.3 Å². The Balaban J connectivity index is 1.77. The van der Waals surface area contributed by atoms with Crippen molar-refractivity contribution in [1.82, 2.24) is 14.9 Å². The Morgan fingerprint density at radius 3 is 2.47 bits per heavy atom. The van der Waals surface area contributed by atoms with Crippen LogP contribution in [-0.2, 0) is 0 Å². The van der Waals surface area contributed by atoms with Gasteiger partial charge in [0.25, 0.3) is 11.5 Å². The summed E-state index contributed by atoms with van der Waals surface area (Å²) in [4.78, 5) is 43.6. The van der Waals surface area contributed by atoms with E-state index in [0.29, 0.717) is 34.3 Å². The Morgan fingerprint density at radius 1 is 1.03 bits per heavy atom. The predicted octanol–water partition coefficient (Wildman–Crippen LogP) is 5.26. The first-order chi connectivity index (χ1) is 17.3. The highest BCUT2D eigenvalue weighted by molar-refractivity contribution is 7.99. The van der Waals surface area contributed by atoms with Crippen LogP contribution in [0.4, 0.5) is 4.39 Å². The second kappa shape index (κ2) is 10.9. The van der Waals surface area contributed by atoms with Crippen molar-refractivity contribution >= 4 is 34.4 Å². The van der Waals surface area contributed by atoms with E-state index in [9.17, 15) is 18.8 Å². The molecule has 0 bridgehead atoms. The van der Waals surface area contributed by atoms with Gasteiger partial charge in [-0.1, -0.05) is 42.4 Å². The Hall–Kier alpha value is -3.78. The summed E-state index contributed by atoms with van der Waals surface area (Å²) in [7, 11) is 0. The average molecular weight is 504 g/mol. The smallest absolute Gasteiger partial charge is 0.266 e. The van der Waals surface area contributed by atoms with E-state index in [4.69, 9.17) is 0 Å². The van der Waals surface area contributed by atoms with Gasteiger partial charge in [-0.05, 0) is 68.3 Å². The van der Waals surface area contributed by atoms with Gasteiger partial charge in [-0.25, -0.2) is 9.37 Å². The van der Waals surface area contributed by atoms with Crippen LogP contribution in [0.15, 0.2) is 70.6 Å². The van der Waals surface area contributed by atoms with Gasteiger partial charge in [-0.2, -0.15) is 0 Å². The standard InChI is InChI=1S/C28H26FN3O3S/c1-4-13-30-26(34)19-6-12-23-24(15-19)31-28(32(27(23)35)21-9-7-20(29)8-10-21)36-16-25(33)22-11-5-17(2)14-18(22)3/h5-12,14-15H,4,13,16H2,1-3H3,(H,30,34). The summed E-state index contributed by atoms with van der Waals surface area (Å²) in [6, 6.07) is 15.9. The number of nitrogens with zero attached hydrogens (tertiary/aromatic N) is 2. The molecule has 0 fully saturated rings. The van der Waals surface area contributed by atoms with Crippen LogP contribution in [0.2, 0.25) is 0 Å². The maximum absolute atomic E-state index is 13.6. The Kier molecular flexibility index (Phi) is 7.64. The van der Waals surface area contributed by atoms with E-state index in [-0.39, 0.29) is 28.2 Å². The highest BCUT2D eigenvalue weighted by Gasteiger charge is 2.18. The molecule has 1 aromatic heterocycles. The summed E-state index contributed by atoms with van der Waals surface area (Å²) in [6.07, 6.45) is 0.801. The molecule has 0 saturated carbocycles. The largest absolute Gasteiger partial charge is 0.352 e. The van der Waals surface area contributed by atoms with Crippen LogP contribution in [0.1, 0.15) is 45.2 Å². The molecule has 4 rings (SSSR count). The zero-order valence-corrected chi connectivity index (χ0v) is 21.1. The number of rotatable bonds is 8. The first-order valence-corrected chi connectivity index (χ1v) is 12.6. The van der Waals surface area contributed by atoms with Crippen LogP contribution in [0, 0.1) is 19.7 Å². The van der Waals surface area contributed by atoms with E-state index < -0.39 is 5.82 Å². The van der Waals surface area contributed by atoms with E-state index in [1.807, 2.05) is 32.9 Å². The lowest BCUT2D eigenvalue weighted by atomic mass is 10.0. The van der Waals surface area contributed by atoms with Gasteiger partial charge in [-0.15, -0.1) is 0 Å². The number of hydrogen-bond donors (Lipinski definition) is 1. The molecule has 0 saturated heterocycles. The van der Waals surface area contributed by atoms with Crippen LogP contribution in [0.5, 0.6) is 0 Å². The van der Waals surface area contributed by atoms with Crippen LogP contribution in [0.3, 0.4) is 0 Å². The minimum atomic E-state index is -0.428. The zero-order chi connectivity index (χ0) is 25.8.